The lowest BCUT2D eigenvalue weighted by Gasteiger charge is -2.15. The second-order valence-electron chi connectivity index (χ2n) is 4.74. The quantitative estimate of drug-likeness (QED) is 0.790. The molecule has 0 fully saturated rings. The number of hydroxylamine groups is 1. The van der Waals surface area contributed by atoms with Crippen LogP contribution in [0.2, 0.25) is 0 Å². The van der Waals surface area contributed by atoms with E-state index in [-0.39, 0.29) is 5.91 Å². The van der Waals surface area contributed by atoms with E-state index in [9.17, 15) is 4.79 Å². The molecule has 1 rings (SSSR count). The Bertz CT molecular complexity index is 373. The zero-order chi connectivity index (χ0) is 13.5. The van der Waals surface area contributed by atoms with Crippen molar-refractivity contribution in [1.82, 2.24) is 5.48 Å². The number of benzene rings is 1. The monoisotopic (exact) mass is 251 g/mol. The number of carbonyl (C=O) groups excluding carboxylic acids is 1. The summed E-state index contributed by atoms with van der Waals surface area (Å²) in [4.78, 5) is 16.7. The minimum Gasteiger partial charge on any atom is -0.481 e. The molecular weight excluding hydrogens is 230 g/mol. The van der Waals surface area contributed by atoms with Crippen molar-refractivity contribution >= 4 is 5.91 Å². The molecule has 0 radical (unpaired) electrons. The van der Waals surface area contributed by atoms with Gasteiger partial charge in [0.15, 0.2) is 6.10 Å². The van der Waals surface area contributed by atoms with Crippen LogP contribution in [-0.2, 0) is 9.63 Å². The van der Waals surface area contributed by atoms with Crippen LogP contribution in [0.5, 0.6) is 5.75 Å². The number of carbonyl (C=O) groups is 1. The third-order valence-corrected chi connectivity index (χ3v) is 2.29. The molecule has 1 aromatic carbocycles. The van der Waals surface area contributed by atoms with Crippen LogP contribution in [0.1, 0.15) is 26.3 Å². The largest absolute Gasteiger partial charge is 0.481 e. The summed E-state index contributed by atoms with van der Waals surface area (Å²) in [6.45, 7) is 8.20. The van der Waals surface area contributed by atoms with E-state index in [1.165, 1.54) is 0 Å². The maximum atomic E-state index is 11.6. The SMILES string of the molecule is Cc1ccc(OC(C)C(=O)NOCC(C)C)cc1. The Kier molecular flexibility index (Phi) is 5.65. The first kappa shape index (κ1) is 14.5. The molecule has 4 heteroatoms. The number of ether oxygens (including phenoxy) is 1. The summed E-state index contributed by atoms with van der Waals surface area (Å²) in [7, 11) is 0. The van der Waals surface area contributed by atoms with Gasteiger partial charge in [-0.05, 0) is 31.9 Å². The van der Waals surface area contributed by atoms with Crippen molar-refractivity contribution in [2.75, 3.05) is 6.61 Å². The first-order valence-electron chi connectivity index (χ1n) is 6.14. The Hall–Kier alpha value is -1.55. The van der Waals surface area contributed by atoms with Gasteiger partial charge in [-0.1, -0.05) is 31.5 Å². The van der Waals surface area contributed by atoms with Crippen molar-refractivity contribution in [3.8, 4) is 5.75 Å². The predicted octanol–water partition coefficient (Wildman–Crippen LogP) is 2.47. The van der Waals surface area contributed by atoms with Crippen LogP contribution >= 0.6 is 0 Å². The van der Waals surface area contributed by atoms with E-state index in [0.717, 1.165) is 5.56 Å². The standard InChI is InChI=1S/C14H21NO3/c1-10(2)9-17-15-14(16)12(4)18-13-7-5-11(3)6-8-13/h5-8,10,12H,9H2,1-4H3,(H,15,16). The Labute approximate surface area is 108 Å². The molecule has 4 nitrogen and oxygen atoms in total. The smallest absolute Gasteiger partial charge is 0.284 e. The van der Waals surface area contributed by atoms with Crippen LogP contribution in [-0.4, -0.2) is 18.6 Å². The maximum Gasteiger partial charge on any atom is 0.284 e. The maximum absolute atomic E-state index is 11.6. The molecule has 0 aromatic heterocycles. The number of rotatable bonds is 6. The molecule has 18 heavy (non-hydrogen) atoms. The average molecular weight is 251 g/mol. The highest BCUT2D eigenvalue weighted by Crippen LogP contribution is 2.13. The molecular formula is C14H21NO3. The zero-order valence-corrected chi connectivity index (χ0v) is 11.4. The molecule has 0 saturated carbocycles. The normalized spacial score (nSPS) is 12.3. The summed E-state index contributed by atoms with van der Waals surface area (Å²) in [6, 6.07) is 7.56. The molecule has 1 aromatic rings. The fourth-order valence-corrected chi connectivity index (χ4v) is 1.24. The zero-order valence-electron chi connectivity index (χ0n) is 11.4. The lowest BCUT2D eigenvalue weighted by Crippen LogP contribution is -2.37. The van der Waals surface area contributed by atoms with Crippen molar-refractivity contribution < 1.29 is 14.4 Å². The third kappa shape index (κ3) is 5.19. The van der Waals surface area contributed by atoms with Gasteiger partial charge in [0.05, 0.1) is 6.61 Å². The van der Waals surface area contributed by atoms with E-state index >= 15 is 0 Å². The van der Waals surface area contributed by atoms with Gasteiger partial charge in [0.25, 0.3) is 5.91 Å². The van der Waals surface area contributed by atoms with Gasteiger partial charge in [0.1, 0.15) is 5.75 Å². The van der Waals surface area contributed by atoms with Crippen molar-refractivity contribution in [2.45, 2.75) is 33.8 Å². The molecule has 0 aliphatic rings. The number of hydrogen-bond donors (Lipinski definition) is 1. The molecule has 1 unspecified atom stereocenters. The summed E-state index contributed by atoms with van der Waals surface area (Å²) < 4.78 is 5.50. The van der Waals surface area contributed by atoms with Crippen molar-refractivity contribution in [2.24, 2.45) is 5.92 Å². The minimum absolute atomic E-state index is 0.281. The highest BCUT2D eigenvalue weighted by atomic mass is 16.7. The number of hydrogen-bond acceptors (Lipinski definition) is 3. The van der Waals surface area contributed by atoms with Crippen molar-refractivity contribution in [1.29, 1.82) is 0 Å². The molecule has 0 saturated heterocycles. The highest BCUT2D eigenvalue weighted by Gasteiger charge is 2.14. The molecule has 0 aliphatic carbocycles. The van der Waals surface area contributed by atoms with E-state index in [4.69, 9.17) is 9.57 Å². The molecule has 1 amide bonds. The number of nitrogens with one attached hydrogen (secondary N) is 1. The summed E-state index contributed by atoms with van der Waals surface area (Å²) in [5.74, 6) is 0.766. The lowest BCUT2D eigenvalue weighted by molar-refractivity contribution is -0.140. The van der Waals surface area contributed by atoms with Crippen molar-refractivity contribution in [3.05, 3.63) is 29.8 Å². The van der Waals surface area contributed by atoms with Gasteiger partial charge in [-0.25, -0.2) is 5.48 Å². The Morgan fingerprint density at radius 1 is 1.22 bits per heavy atom. The van der Waals surface area contributed by atoms with E-state index < -0.39 is 6.10 Å². The first-order chi connectivity index (χ1) is 8.49. The summed E-state index contributed by atoms with van der Waals surface area (Å²) in [5, 5.41) is 0. The molecule has 0 aliphatic heterocycles. The average Bonchev–Trinajstić information content (AvgIpc) is 2.31. The topological polar surface area (TPSA) is 47.6 Å². The van der Waals surface area contributed by atoms with Gasteiger partial charge in [-0.2, -0.15) is 0 Å². The molecule has 1 N–H and O–H groups in total. The molecule has 0 spiro atoms. The van der Waals surface area contributed by atoms with E-state index in [2.05, 4.69) is 5.48 Å². The van der Waals surface area contributed by atoms with Crippen LogP contribution < -0.4 is 10.2 Å². The fourth-order valence-electron chi connectivity index (χ4n) is 1.24. The van der Waals surface area contributed by atoms with Crippen LogP contribution in [0.4, 0.5) is 0 Å². The molecule has 1 atom stereocenters. The lowest BCUT2D eigenvalue weighted by atomic mass is 10.2. The van der Waals surface area contributed by atoms with Crippen LogP contribution in [0.15, 0.2) is 24.3 Å². The fraction of sp³-hybridized carbons (Fsp3) is 0.500. The van der Waals surface area contributed by atoms with E-state index in [0.29, 0.717) is 18.3 Å². The van der Waals surface area contributed by atoms with Gasteiger partial charge < -0.3 is 4.74 Å². The second-order valence-corrected chi connectivity index (χ2v) is 4.74. The number of amides is 1. The van der Waals surface area contributed by atoms with Gasteiger partial charge in [-0.3, -0.25) is 9.63 Å². The molecule has 0 heterocycles. The first-order valence-corrected chi connectivity index (χ1v) is 6.14. The Balaban J connectivity index is 2.37. The van der Waals surface area contributed by atoms with Crippen LogP contribution in [0, 0.1) is 12.8 Å². The van der Waals surface area contributed by atoms with Gasteiger partial charge >= 0.3 is 0 Å². The summed E-state index contributed by atoms with van der Waals surface area (Å²) in [6.07, 6.45) is -0.583. The predicted molar refractivity (Wildman–Crippen MR) is 70.2 cm³/mol. The molecule has 100 valence electrons. The van der Waals surface area contributed by atoms with Crippen LogP contribution in [0.3, 0.4) is 0 Å². The number of aryl methyl sites for hydroxylation is 1. The van der Waals surface area contributed by atoms with Gasteiger partial charge in [-0.15, -0.1) is 0 Å². The van der Waals surface area contributed by atoms with Gasteiger partial charge in [0.2, 0.25) is 0 Å². The highest BCUT2D eigenvalue weighted by molar-refractivity contribution is 5.79. The second kappa shape index (κ2) is 7.01. The summed E-state index contributed by atoms with van der Waals surface area (Å²) >= 11 is 0. The minimum atomic E-state index is -0.583. The van der Waals surface area contributed by atoms with E-state index in [1.54, 1.807) is 6.92 Å². The van der Waals surface area contributed by atoms with Crippen LogP contribution in [0.25, 0.3) is 0 Å². The van der Waals surface area contributed by atoms with E-state index in [1.807, 2.05) is 45.0 Å². The summed E-state index contributed by atoms with van der Waals surface area (Å²) in [5.41, 5.74) is 3.53. The Morgan fingerprint density at radius 2 is 1.83 bits per heavy atom. The third-order valence-electron chi connectivity index (χ3n) is 2.29. The van der Waals surface area contributed by atoms with Gasteiger partial charge in [0, 0.05) is 0 Å². The molecule has 0 bridgehead atoms. The van der Waals surface area contributed by atoms with Crippen molar-refractivity contribution in [3.63, 3.8) is 0 Å². The Morgan fingerprint density at radius 3 is 2.39 bits per heavy atom.